The summed E-state index contributed by atoms with van der Waals surface area (Å²) in [6, 6.07) is -0.625. The molecule has 8 heavy (non-hydrogen) atoms. The van der Waals surface area contributed by atoms with Gasteiger partial charge in [0, 0.05) is 6.21 Å². The second-order valence-electron chi connectivity index (χ2n) is 1.41. The number of hydrogen-bond acceptors (Lipinski definition) is 3. The topological polar surface area (TPSA) is 67.8 Å². The average molecular weight is 111 g/mol. The standard InChI is InChI=1S/C4H5N3O/c5-3-1-6-2-7-4(3)8/h1-3H,5H2/t3-/m0/s1. The minimum Gasteiger partial charge on any atom is -0.315 e. The first kappa shape index (κ1) is 5.11. The molecule has 1 rings (SSSR count). The number of nitrogens with zero attached hydrogens (tertiary/aromatic N) is 2. The van der Waals surface area contributed by atoms with Crippen molar-refractivity contribution in [1.82, 2.24) is 0 Å². The lowest BCUT2D eigenvalue weighted by Gasteiger charge is -1.99. The zero-order chi connectivity index (χ0) is 5.98. The first-order chi connectivity index (χ1) is 3.80. The van der Waals surface area contributed by atoms with Gasteiger partial charge in [0.25, 0.3) is 5.91 Å². The number of rotatable bonds is 0. The highest BCUT2D eigenvalue weighted by atomic mass is 16.1. The number of nitrogens with two attached hydrogens (primary N) is 1. The molecular weight excluding hydrogens is 106 g/mol. The highest BCUT2D eigenvalue weighted by Gasteiger charge is 2.09. The van der Waals surface area contributed by atoms with Crippen LogP contribution in [0.15, 0.2) is 9.98 Å². The summed E-state index contributed by atoms with van der Waals surface area (Å²) in [5.41, 5.74) is 5.17. The molecule has 0 aromatic heterocycles. The van der Waals surface area contributed by atoms with Gasteiger partial charge in [-0.3, -0.25) is 4.79 Å². The second-order valence-corrected chi connectivity index (χ2v) is 1.41. The van der Waals surface area contributed by atoms with Crippen LogP contribution in [-0.2, 0) is 4.79 Å². The molecule has 0 bridgehead atoms. The van der Waals surface area contributed by atoms with Crippen LogP contribution in [0.3, 0.4) is 0 Å². The third kappa shape index (κ3) is 0.788. The Labute approximate surface area is 46.1 Å². The summed E-state index contributed by atoms with van der Waals surface area (Å²) >= 11 is 0. The zero-order valence-corrected chi connectivity index (χ0v) is 4.11. The maximum absolute atomic E-state index is 10.4. The fourth-order valence-electron chi connectivity index (χ4n) is 0.371. The van der Waals surface area contributed by atoms with Crippen LogP contribution in [0.25, 0.3) is 0 Å². The van der Waals surface area contributed by atoms with E-state index in [0.29, 0.717) is 0 Å². The molecule has 0 aliphatic carbocycles. The lowest BCUT2D eigenvalue weighted by Crippen LogP contribution is -2.32. The molecule has 1 amide bonds. The third-order valence-corrected chi connectivity index (χ3v) is 0.783. The fourth-order valence-corrected chi connectivity index (χ4v) is 0.371. The number of carbonyl (C=O) groups is 1. The lowest BCUT2D eigenvalue weighted by molar-refractivity contribution is -0.117. The Bertz CT molecular complexity index is 161. The molecule has 0 spiro atoms. The average Bonchev–Trinajstić information content (AvgIpc) is 1.77. The van der Waals surface area contributed by atoms with E-state index >= 15 is 0 Å². The third-order valence-electron chi connectivity index (χ3n) is 0.783. The van der Waals surface area contributed by atoms with Gasteiger partial charge >= 0.3 is 0 Å². The van der Waals surface area contributed by atoms with E-state index in [0.717, 1.165) is 0 Å². The van der Waals surface area contributed by atoms with Crippen molar-refractivity contribution in [3.05, 3.63) is 0 Å². The highest BCUT2D eigenvalue weighted by Crippen LogP contribution is 1.84. The van der Waals surface area contributed by atoms with Crippen molar-refractivity contribution in [3.8, 4) is 0 Å². The van der Waals surface area contributed by atoms with Gasteiger partial charge in [-0.05, 0) is 0 Å². The molecule has 1 atom stereocenters. The second kappa shape index (κ2) is 1.83. The highest BCUT2D eigenvalue weighted by molar-refractivity contribution is 6.05. The quantitative estimate of drug-likeness (QED) is 0.433. The Morgan fingerprint density at radius 3 is 2.88 bits per heavy atom. The predicted octanol–water partition coefficient (Wildman–Crippen LogP) is -1.05. The molecule has 0 aromatic rings. The molecule has 0 fully saturated rings. The molecule has 42 valence electrons. The van der Waals surface area contributed by atoms with Crippen LogP contribution in [0, 0.1) is 0 Å². The Balaban J connectivity index is 2.74. The van der Waals surface area contributed by atoms with Crippen LogP contribution in [0.5, 0.6) is 0 Å². The van der Waals surface area contributed by atoms with E-state index in [4.69, 9.17) is 5.73 Å². The first-order valence-electron chi connectivity index (χ1n) is 2.16. The molecule has 0 unspecified atom stereocenters. The van der Waals surface area contributed by atoms with E-state index in [1.807, 2.05) is 0 Å². The van der Waals surface area contributed by atoms with Crippen molar-refractivity contribution in [2.75, 3.05) is 0 Å². The van der Waals surface area contributed by atoms with Gasteiger partial charge in [-0.1, -0.05) is 0 Å². The Morgan fingerprint density at radius 2 is 2.50 bits per heavy atom. The maximum atomic E-state index is 10.4. The molecule has 0 saturated carbocycles. The lowest BCUT2D eigenvalue weighted by atomic mass is 10.3. The first-order valence-corrected chi connectivity index (χ1v) is 2.16. The van der Waals surface area contributed by atoms with Gasteiger partial charge in [-0.2, -0.15) is 4.99 Å². The molecule has 0 radical (unpaired) electrons. The van der Waals surface area contributed by atoms with Gasteiger partial charge < -0.3 is 5.73 Å². The molecule has 0 aromatic carbocycles. The molecular formula is C4H5N3O. The van der Waals surface area contributed by atoms with Gasteiger partial charge in [-0.25, -0.2) is 4.99 Å². The molecule has 4 nitrogen and oxygen atoms in total. The van der Waals surface area contributed by atoms with Gasteiger partial charge in [-0.15, -0.1) is 0 Å². The largest absolute Gasteiger partial charge is 0.315 e. The summed E-state index contributed by atoms with van der Waals surface area (Å²) in [5, 5.41) is 0. The maximum Gasteiger partial charge on any atom is 0.269 e. The molecule has 4 heteroatoms. The molecule has 1 aliphatic rings. The van der Waals surface area contributed by atoms with E-state index < -0.39 is 6.04 Å². The van der Waals surface area contributed by atoms with Crippen molar-refractivity contribution in [2.24, 2.45) is 15.7 Å². The van der Waals surface area contributed by atoms with Crippen LogP contribution < -0.4 is 5.73 Å². The van der Waals surface area contributed by atoms with Crippen LogP contribution in [0.4, 0.5) is 0 Å². The van der Waals surface area contributed by atoms with E-state index in [-0.39, 0.29) is 5.91 Å². The van der Waals surface area contributed by atoms with Crippen LogP contribution in [0.1, 0.15) is 0 Å². The van der Waals surface area contributed by atoms with Gasteiger partial charge in [0.15, 0.2) is 0 Å². The summed E-state index contributed by atoms with van der Waals surface area (Å²) in [5.74, 6) is -0.333. The van der Waals surface area contributed by atoms with Crippen molar-refractivity contribution in [3.63, 3.8) is 0 Å². The molecule has 1 heterocycles. The van der Waals surface area contributed by atoms with Crippen molar-refractivity contribution < 1.29 is 4.79 Å². The number of carbonyl (C=O) groups excluding carboxylic acids is 1. The van der Waals surface area contributed by atoms with Crippen LogP contribution >= 0.6 is 0 Å². The number of hydrogen-bond donors (Lipinski definition) is 1. The molecule has 1 aliphatic heterocycles. The van der Waals surface area contributed by atoms with Crippen molar-refractivity contribution in [2.45, 2.75) is 6.04 Å². The summed E-state index contributed by atoms with van der Waals surface area (Å²) in [6.45, 7) is 0. The predicted molar refractivity (Wildman–Crippen MR) is 30.0 cm³/mol. The van der Waals surface area contributed by atoms with Crippen LogP contribution in [0.2, 0.25) is 0 Å². The normalized spacial score (nSPS) is 26.6. The van der Waals surface area contributed by atoms with Crippen molar-refractivity contribution >= 4 is 18.5 Å². The van der Waals surface area contributed by atoms with Gasteiger partial charge in [0.2, 0.25) is 0 Å². The Kier molecular flexibility index (Phi) is 1.17. The van der Waals surface area contributed by atoms with Crippen LogP contribution in [-0.4, -0.2) is 24.5 Å². The summed E-state index contributed by atoms with van der Waals surface area (Å²) in [7, 11) is 0. The molecule has 0 saturated heterocycles. The smallest absolute Gasteiger partial charge is 0.269 e. The summed E-state index contributed by atoms with van der Waals surface area (Å²) in [6.07, 6.45) is 2.54. The van der Waals surface area contributed by atoms with E-state index in [1.54, 1.807) is 0 Å². The number of aliphatic imine (C=N–C) groups is 2. The Morgan fingerprint density at radius 1 is 1.75 bits per heavy atom. The van der Waals surface area contributed by atoms with E-state index in [9.17, 15) is 4.79 Å². The summed E-state index contributed by atoms with van der Waals surface area (Å²) < 4.78 is 0. The van der Waals surface area contributed by atoms with Crippen molar-refractivity contribution in [1.29, 1.82) is 0 Å². The minimum atomic E-state index is -0.625. The summed E-state index contributed by atoms with van der Waals surface area (Å²) in [4.78, 5) is 17.2. The van der Waals surface area contributed by atoms with Gasteiger partial charge in [0.1, 0.15) is 12.4 Å². The fraction of sp³-hybridized carbons (Fsp3) is 0.250. The SMILES string of the molecule is N[C@H]1C=NC=NC1=O. The zero-order valence-electron chi connectivity index (χ0n) is 4.11. The monoisotopic (exact) mass is 111 g/mol. The minimum absolute atomic E-state index is 0.333. The molecule has 2 N–H and O–H groups in total. The van der Waals surface area contributed by atoms with E-state index in [1.165, 1.54) is 12.6 Å². The van der Waals surface area contributed by atoms with E-state index in [2.05, 4.69) is 9.98 Å². The van der Waals surface area contributed by atoms with Gasteiger partial charge in [0.05, 0.1) is 0 Å². The Hall–Kier alpha value is -1.03. The number of amides is 1.